The molecule has 0 radical (unpaired) electrons. The number of rotatable bonds is 8. The van der Waals surface area contributed by atoms with Crippen molar-refractivity contribution in [3.63, 3.8) is 0 Å². The second-order valence-electron chi connectivity index (χ2n) is 6.27. The summed E-state index contributed by atoms with van der Waals surface area (Å²) in [6.07, 6.45) is 0.589. The van der Waals surface area contributed by atoms with Crippen molar-refractivity contribution in [2.75, 3.05) is 12.4 Å². The monoisotopic (exact) mass is 351 g/mol. The fraction of sp³-hybridized carbons (Fsp3) is 0.333. The van der Waals surface area contributed by atoms with Crippen LogP contribution in [0, 0.1) is 5.82 Å². The lowest BCUT2D eigenvalue weighted by Crippen LogP contribution is -2.46. The van der Waals surface area contributed by atoms with Gasteiger partial charge in [-0.05, 0) is 50.1 Å². The van der Waals surface area contributed by atoms with Gasteiger partial charge in [0, 0.05) is 5.54 Å². The smallest absolute Gasteiger partial charge is 0.215 e. The van der Waals surface area contributed by atoms with Gasteiger partial charge in [-0.25, -0.2) is 17.5 Å². The zero-order chi connectivity index (χ0) is 17.6. The van der Waals surface area contributed by atoms with Gasteiger partial charge < -0.3 is 4.74 Å². The first-order chi connectivity index (χ1) is 11.3. The molecule has 1 N–H and O–H groups in total. The van der Waals surface area contributed by atoms with Crippen LogP contribution in [0.15, 0.2) is 54.6 Å². The van der Waals surface area contributed by atoms with Gasteiger partial charge in [0.1, 0.15) is 18.2 Å². The van der Waals surface area contributed by atoms with Crippen LogP contribution in [0.5, 0.6) is 5.75 Å². The van der Waals surface area contributed by atoms with Gasteiger partial charge in [-0.15, -0.1) is 0 Å². The summed E-state index contributed by atoms with van der Waals surface area (Å²) in [6, 6.07) is 15.2. The first-order valence-electron chi connectivity index (χ1n) is 7.70. The number of hydrogen-bond acceptors (Lipinski definition) is 3. The minimum Gasteiger partial charge on any atom is -0.492 e. The van der Waals surface area contributed by atoms with E-state index in [4.69, 9.17) is 4.74 Å². The maximum absolute atomic E-state index is 12.8. The summed E-state index contributed by atoms with van der Waals surface area (Å²) in [5.74, 6) is -0.0859. The number of hydrogen-bond donors (Lipinski definition) is 1. The van der Waals surface area contributed by atoms with Gasteiger partial charge in [-0.3, -0.25) is 0 Å². The molecule has 0 heterocycles. The molecule has 0 bridgehead atoms. The molecule has 130 valence electrons. The van der Waals surface area contributed by atoms with Crippen molar-refractivity contribution >= 4 is 10.0 Å². The summed E-state index contributed by atoms with van der Waals surface area (Å²) in [5, 5.41) is 0. The van der Waals surface area contributed by atoms with Crippen molar-refractivity contribution < 1.29 is 17.5 Å². The van der Waals surface area contributed by atoms with E-state index >= 15 is 0 Å². The maximum Gasteiger partial charge on any atom is 0.215 e. The minimum absolute atomic E-state index is 0.00236. The largest absolute Gasteiger partial charge is 0.492 e. The van der Waals surface area contributed by atoms with Gasteiger partial charge in [0.15, 0.2) is 0 Å². The van der Waals surface area contributed by atoms with Crippen molar-refractivity contribution in [1.29, 1.82) is 0 Å². The zero-order valence-electron chi connectivity index (χ0n) is 13.8. The van der Waals surface area contributed by atoms with Gasteiger partial charge in [-0.2, -0.15) is 0 Å². The first-order valence-corrected chi connectivity index (χ1v) is 9.35. The molecule has 0 aliphatic rings. The van der Waals surface area contributed by atoms with Gasteiger partial charge in [0.05, 0.1) is 5.75 Å². The topological polar surface area (TPSA) is 55.4 Å². The van der Waals surface area contributed by atoms with E-state index in [0.717, 1.165) is 5.56 Å². The Morgan fingerprint density at radius 1 is 1.04 bits per heavy atom. The van der Waals surface area contributed by atoms with Crippen LogP contribution in [0.3, 0.4) is 0 Å². The summed E-state index contributed by atoms with van der Waals surface area (Å²) in [4.78, 5) is 0. The van der Waals surface area contributed by atoms with Crippen LogP contribution in [0.25, 0.3) is 0 Å². The van der Waals surface area contributed by atoms with Crippen LogP contribution in [0.2, 0.25) is 0 Å². The van der Waals surface area contributed by atoms with E-state index in [1.165, 1.54) is 24.3 Å². The lowest BCUT2D eigenvalue weighted by atomic mass is 9.96. The Morgan fingerprint density at radius 3 is 2.29 bits per heavy atom. The van der Waals surface area contributed by atoms with Gasteiger partial charge in [0.2, 0.25) is 10.0 Å². The molecule has 24 heavy (non-hydrogen) atoms. The van der Waals surface area contributed by atoms with Gasteiger partial charge >= 0.3 is 0 Å². The average Bonchev–Trinajstić information content (AvgIpc) is 2.48. The molecule has 4 nitrogen and oxygen atoms in total. The molecular formula is C18H22FNO3S. The van der Waals surface area contributed by atoms with Gasteiger partial charge in [-0.1, -0.05) is 30.3 Å². The highest BCUT2D eigenvalue weighted by Crippen LogP contribution is 2.14. The van der Waals surface area contributed by atoms with Crippen LogP contribution in [-0.2, 0) is 16.4 Å². The van der Waals surface area contributed by atoms with Crippen LogP contribution < -0.4 is 9.46 Å². The highest BCUT2D eigenvalue weighted by atomic mass is 32.2. The third kappa shape index (κ3) is 6.29. The van der Waals surface area contributed by atoms with E-state index in [1.54, 1.807) is 0 Å². The number of sulfonamides is 1. The Bertz CT molecular complexity index is 744. The SMILES string of the molecule is CC(C)(Cc1ccccc1)NS(=O)(=O)CCOc1ccc(F)cc1. The lowest BCUT2D eigenvalue weighted by Gasteiger charge is -2.26. The van der Waals surface area contributed by atoms with E-state index in [2.05, 4.69) is 4.72 Å². The van der Waals surface area contributed by atoms with Gasteiger partial charge in [0.25, 0.3) is 0 Å². The fourth-order valence-corrected chi connectivity index (χ4v) is 3.73. The van der Waals surface area contributed by atoms with Crippen LogP contribution in [0.4, 0.5) is 4.39 Å². The second-order valence-corrected chi connectivity index (χ2v) is 8.11. The minimum atomic E-state index is -3.49. The van der Waals surface area contributed by atoms with Crippen LogP contribution in [-0.4, -0.2) is 26.3 Å². The molecule has 0 aliphatic carbocycles. The van der Waals surface area contributed by atoms with Crippen molar-refractivity contribution in [3.05, 3.63) is 66.0 Å². The molecule has 6 heteroatoms. The van der Waals surface area contributed by atoms with Crippen LogP contribution >= 0.6 is 0 Å². The standard InChI is InChI=1S/C18H22FNO3S/c1-18(2,14-15-6-4-3-5-7-15)20-24(21,22)13-12-23-17-10-8-16(19)9-11-17/h3-11,20H,12-14H2,1-2H3. The predicted molar refractivity (Wildman–Crippen MR) is 93.0 cm³/mol. The molecule has 0 unspecified atom stereocenters. The quantitative estimate of drug-likeness (QED) is 0.795. The van der Waals surface area contributed by atoms with Crippen molar-refractivity contribution in [1.82, 2.24) is 4.72 Å². The lowest BCUT2D eigenvalue weighted by molar-refractivity contribution is 0.338. The number of benzene rings is 2. The maximum atomic E-state index is 12.8. The van der Waals surface area contributed by atoms with E-state index in [9.17, 15) is 12.8 Å². The third-order valence-electron chi connectivity index (χ3n) is 3.36. The normalized spacial score (nSPS) is 12.1. The predicted octanol–water partition coefficient (Wildman–Crippen LogP) is 3.15. The van der Waals surface area contributed by atoms with Crippen molar-refractivity contribution in [2.24, 2.45) is 0 Å². The molecule has 0 saturated heterocycles. The molecule has 0 atom stereocenters. The first kappa shape index (κ1) is 18.4. The molecule has 0 saturated carbocycles. The summed E-state index contributed by atoms with van der Waals surface area (Å²) in [6.45, 7) is 3.69. The molecular weight excluding hydrogens is 329 g/mol. The van der Waals surface area contributed by atoms with E-state index in [1.807, 2.05) is 44.2 Å². The molecule has 2 aromatic carbocycles. The Labute approximate surface area is 142 Å². The summed E-state index contributed by atoms with van der Waals surface area (Å²) < 4.78 is 45.3. The molecule has 0 aromatic heterocycles. The van der Waals surface area contributed by atoms with Crippen molar-refractivity contribution in [2.45, 2.75) is 25.8 Å². The molecule has 2 aromatic rings. The Balaban J connectivity index is 1.86. The fourth-order valence-electron chi connectivity index (χ4n) is 2.41. The molecule has 0 aliphatic heterocycles. The third-order valence-corrected chi connectivity index (χ3v) is 4.92. The van der Waals surface area contributed by atoms with E-state index in [-0.39, 0.29) is 18.2 Å². The highest BCUT2D eigenvalue weighted by molar-refractivity contribution is 7.89. The summed E-state index contributed by atoms with van der Waals surface area (Å²) in [7, 11) is -3.49. The second kappa shape index (κ2) is 7.77. The van der Waals surface area contributed by atoms with E-state index in [0.29, 0.717) is 12.2 Å². The summed E-state index contributed by atoms with van der Waals surface area (Å²) >= 11 is 0. The summed E-state index contributed by atoms with van der Waals surface area (Å²) in [5.41, 5.74) is 0.462. The molecule has 2 rings (SSSR count). The van der Waals surface area contributed by atoms with E-state index < -0.39 is 15.6 Å². The number of nitrogens with one attached hydrogen (secondary N) is 1. The number of ether oxygens (including phenoxy) is 1. The van der Waals surface area contributed by atoms with Crippen LogP contribution in [0.1, 0.15) is 19.4 Å². The average molecular weight is 351 g/mol. The number of halogens is 1. The Hall–Kier alpha value is -1.92. The zero-order valence-corrected chi connectivity index (χ0v) is 14.6. The Morgan fingerprint density at radius 2 is 1.67 bits per heavy atom. The highest BCUT2D eigenvalue weighted by Gasteiger charge is 2.25. The molecule has 0 amide bonds. The molecule has 0 spiro atoms. The van der Waals surface area contributed by atoms with Crippen molar-refractivity contribution in [3.8, 4) is 5.75 Å². The Kier molecular flexibility index (Phi) is 5.96. The molecule has 0 fully saturated rings.